The van der Waals surface area contributed by atoms with Gasteiger partial charge in [0.2, 0.25) is 0 Å². The minimum atomic E-state index is -0.330. The number of likely N-dealkylation sites (N-methyl/N-ethyl adjacent to an activating group) is 1. The summed E-state index contributed by atoms with van der Waals surface area (Å²) in [7, 11) is 4.12. The first-order chi connectivity index (χ1) is 9.50. The van der Waals surface area contributed by atoms with Crippen molar-refractivity contribution in [3.05, 3.63) is 48.0 Å². The van der Waals surface area contributed by atoms with E-state index in [1.54, 1.807) is 0 Å². The normalized spacial score (nSPS) is 14.9. The van der Waals surface area contributed by atoms with E-state index in [1.165, 1.54) is 16.3 Å². The van der Waals surface area contributed by atoms with Gasteiger partial charge in [-0.3, -0.25) is 0 Å². The summed E-state index contributed by atoms with van der Waals surface area (Å²) in [6, 6.07) is 14.8. The van der Waals surface area contributed by atoms with Crippen molar-refractivity contribution in [2.24, 2.45) is 5.92 Å². The zero-order valence-electron chi connectivity index (χ0n) is 12.9. The Morgan fingerprint density at radius 2 is 1.65 bits per heavy atom. The monoisotopic (exact) mass is 271 g/mol. The maximum atomic E-state index is 10.6. The van der Waals surface area contributed by atoms with Crippen LogP contribution in [-0.2, 0) is 0 Å². The van der Waals surface area contributed by atoms with Crippen LogP contribution in [0.15, 0.2) is 42.5 Å². The van der Waals surface area contributed by atoms with E-state index in [2.05, 4.69) is 75.3 Å². The molecule has 0 saturated heterocycles. The standard InChI is InChI=1S/C18H25NO/c1-13(2)18(20)17(12-19(3)4)16-11-7-9-14-8-5-6-10-15(14)16/h5-11,13,17-18,20H,12H2,1-4H3/t17-,18-/m1/s1. The highest BCUT2D eigenvalue weighted by atomic mass is 16.3. The molecule has 0 aliphatic heterocycles. The van der Waals surface area contributed by atoms with Crippen LogP contribution in [0.2, 0.25) is 0 Å². The van der Waals surface area contributed by atoms with Gasteiger partial charge < -0.3 is 10.0 Å². The summed E-state index contributed by atoms with van der Waals surface area (Å²) in [4.78, 5) is 2.15. The van der Waals surface area contributed by atoms with Crippen molar-refractivity contribution in [1.29, 1.82) is 0 Å². The molecule has 0 unspecified atom stereocenters. The maximum Gasteiger partial charge on any atom is 0.0644 e. The smallest absolute Gasteiger partial charge is 0.0644 e. The Bertz CT molecular complexity index is 557. The van der Waals surface area contributed by atoms with Crippen molar-refractivity contribution in [3.63, 3.8) is 0 Å². The zero-order valence-corrected chi connectivity index (χ0v) is 12.9. The highest BCUT2D eigenvalue weighted by molar-refractivity contribution is 5.86. The number of rotatable bonds is 5. The molecule has 2 heteroatoms. The third kappa shape index (κ3) is 3.20. The van der Waals surface area contributed by atoms with E-state index >= 15 is 0 Å². The summed E-state index contributed by atoms with van der Waals surface area (Å²) in [5, 5.41) is 13.1. The molecule has 108 valence electrons. The van der Waals surface area contributed by atoms with E-state index in [9.17, 15) is 5.11 Å². The number of hydrogen-bond acceptors (Lipinski definition) is 2. The maximum absolute atomic E-state index is 10.6. The second-order valence-corrected chi connectivity index (χ2v) is 6.17. The minimum absolute atomic E-state index is 0.135. The fourth-order valence-corrected chi connectivity index (χ4v) is 2.82. The fourth-order valence-electron chi connectivity index (χ4n) is 2.82. The molecule has 0 heterocycles. The van der Waals surface area contributed by atoms with Crippen molar-refractivity contribution in [2.45, 2.75) is 25.9 Å². The number of nitrogens with zero attached hydrogens (tertiary/aromatic N) is 1. The van der Waals surface area contributed by atoms with E-state index in [-0.39, 0.29) is 17.9 Å². The van der Waals surface area contributed by atoms with Crippen molar-refractivity contribution >= 4 is 10.8 Å². The lowest BCUT2D eigenvalue weighted by Gasteiger charge is -2.29. The number of hydrogen-bond donors (Lipinski definition) is 1. The third-order valence-electron chi connectivity index (χ3n) is 3.88. The molecule has 2 aromatic carbocycles. The Balaban J connectivity index is 2.50. The average Bonchev–Trinajstić information content (AvgIpc) is 2.43. The molecule has 0 aromatic heterocycles. The molecule has 0 aliphatic rings. The van der Waals surface area contributed by atoms with E-state index in [0.29, 0.717) is 0 Å². The Hall–Kier alpha value is -1.38. The lowest BCUT2D eigenvalue weighted by molar-refractivity contribution is 0.0853. The average molecular weight is 271 g/mol. The Kier molecular flexibility index (Phi) is 4.79. The van der Waals surface area contributed by atoms with E-state index in [4.69, 9.17) is 0 Å². The SMILES string of the molecule is CC(C)[C@@H](O)[C@H](CN(C)C)c1cccc2ccccc12. The number of aliphatic hydroxyl groups is 1. The van der Waals surface area contributed by atoms with Crippen LogP contribution < -0.4 is 0 Å². The summed E-state index contributed by atoms with van der Waals surface area (Å²) in [6.07, 6.45) is -0.330. The lowest BCUT2D eigenvalue weighted by Crippen LogP contribution is -2.32. The zero-order chi connectivity index (χ0) is 14.7. The molecule has 0 aliphatic carbocycles. The number of benzene rings is 2. The summed E-state index contributed by atoms with van der Waals surface area (Å²) in [6.45, 7) is 5.02. The van der Waals surface area contributed by atoms with Crippen LogP contribution in [0.25, 0.3) is 10.8 Å². The van der Waals surface area contributed by atoms with Crippen molar-refractivity contribution in [3.8, 4) is 0 Å². The predicted octanol–water partition coefficient (Wildman–Crippen LogP) is 3.50. The first-order valence-corrected chi connectivity index (χ1v) is 7.31. The second-order valence-electron chi connectivity index (χ2n) is 6.17. The number of aliphatic hydroxyl groups excluding tert-OH is 1. The van der Waals surface area contributed by atoms with Gasteiger partial charge >= 0.3 is 0 Å². The van der Waals surface area contributed by atoms with Gasteiger partial charge in [0.15, 0.2) is 0 Å². The summed E-state index contributed by atoms with van der Waals surface area (Å²) in [5.74, 6) is 0.384. The van der Waals surface area contributed by atoms with Gasteiger partial charge in [0.1, 0.15) is 0 Å². The van der Waals surface area contributed by atoms with E-state index in [0.717, 1.165) is 6.54 Å². The molecular formula is C18H25NO. The molecule has 0 amide bonds. The van der Waals surface area contributed by atoms with Gasteiger partial charge in [0, 0.05) is 12.5 Å². The van der Waals surface area contributed by atoms with Crippen molar-refractivity contribution < 1.29 is 5.11 Å². The minimum Gasteiger partial charge on any atom is -0.392 e. The molecule has 0 saturated carbocycles. The molecule has 20 heavy (non-hydrogen) atoms. The Labute approximate surface area is 122 Å². The summed E-state index contributed by atoms with van der Waals surface area (Å²) < 4.78 is 0. The van der Waals surface area contributed by atoms with Gasteiger partial charge in [-0.05, 0) is 36.3 Å². The molecule has 2 atom stereocenters. The van der Waals surface area contributed by atoms with Crippen LogP contribution >= 0.6 is 0 Å². The van der Waals surface area contributed by atoms with Crippen molar-refractivity contribution in [2.75, 3.05) is 20.6 Å². The van der Waals surface area contributed by atoms with Crippen LogP contribution in [-0.4, -0.2) is 36.8 Å². The van der Waals surface area contributed by atoms with Crippen LogP contribution in [0.1, 0.15) is 25.3 Å². The van der Waals surface area contributed by atoms with Crippen LogP contribution in [0.3, 0.4) is 0 Å². The third-order valence-corrected chi connectivity index (χ3v) is 3.88. The first kappa shape index (κ1) is 15.0. The van der Waals surface area contributed by atoms with E-state index in [1.807, 2.05) is 0 Å². The molecule has 2 nitrogen and oxygen atoms in total. The first-order valence-electron chi connectivity index (χ1n) is 7.31. The van der Waals surface area contributed by atoms with Crippen LogP contribution in [0.4, 0.5) is 0 Å². The van der Waals surface area contributed by atoms with Gasteiger partial charge in [0.25, 0.3) is 0 Å². The largest absolute Gasteiger partial charge is 0.392 e. The summed E-state index contributed by atoms with van der Waals surface area (Å²) in [5.41, 5.74) is 1.25. The second kappa shape index (κ2) is 6.38. The quantitative estimate of drug-likeness (QED) is 0.899. The molecule has 2 rings (SSSR count). The van der Waals surface area contributed by atoms with Gasteiger partial charge in [-0.2, -0.15) is 0 Å². The van der Waals surface area contributed by atoms with Crippen LogP contribution in [0, 0.1) is 5.92 Å². The lowest BCUT2D eigenvalue weighted by atomic mass is 9.84. The molecule has 0 fully saturated rings. The molecule has 2 aromatic rings. The topological polar surface area (TPSA) is 23.5 Å². The summed E-state index contributed by atoms with van der Waals surface area (Å²) >= 11 is 0. The predicted molar refractivity (Wildman–Crippen MR) is 86.1 cm³/mol. The van der Waals surface area contributed by atoms with Gasteiger partial charge in [0.05, 0.1) is 6.10 Å². The Morgan fingerprint density at radius 3 is 2.30 bits per heavy atom. The van der Waals surface area contributed by atoms with E-state index < -0.39 is 0 Å². The molecule has 0 bridgehead atoms. The molecular weight excluding hydrogens is 246 g/mol. The van der Waals surface area contributed by atoms with Crippen molar-refractivity contribution in [1.82, 2.24) is 4.90 Å². The molecule has 1 N–H and O–H groups in total. The van der Waals surface area contributed by atoms with Gasteiger partial charge in [-0.1, -0.05) is 56.3 Å². The highest BCUT2D eigenvalue weighted by Gasteiger charge is 2.25. The Morgan fingerprint density at radius 1 is 1.00 bits per heavy atom. The highest BCUT2D eigenvalue weighted by Crippen LogP contribution is 2.31. The van der Waals surface area contributed by atoms with Crippen LogP contribution in [0.5, 0.6) is 0 Å². The van der Waals surface area contributed by atoms with Gasteiger partial charge in [-0.25, -0.2) is 0 Å². The number of fused-ring (bicyclic) bond motifs is 1. The molecule has 0 spiro atoms. The van der Waals surface area contributed by atoms with Gasteiger partial charge in [-0.15, -0.1) is 0 Å². The fraction of sp³-hybridized carbons (Fsp3) is 0.444. The molecule has 0 radical (unpaired) electrons.